The minimum Gasteiger partial charge on any atom is -0.482 e. The molecular formula is C21H22FN5O2S. The summed E-state index contributed by atoms with van der Waals surface area (Å²) in [5.41, 5.74) is 2.49. The number of halogens is 1. The molecule has 0 radical (unpaired) electrons. The summed E-state index contributed by atoms with van der Waals surface area (Å²) in [5.74, 6) is 6.07. The molecule has 0 saturated carbocycles. The van der Waals surface area contributed by atoms with Gasteiger partial charge in [-0.1, -0.05) is 48.2 Å². The zero-order chi connectivity index (χ0) is 20.9. The molecule has 0 spiro atoms. The van der Waals surface area contributed by atoms with E-state index >= 15 is 0 Å². The van der Waals surface area contributed by atoms with Gasteiger partial charge in [0.15, 0.2) is 17.4 Å². The number of hydrogen-bond donors (Lipinski definition) is 2. The SMILES string of the molecule is Nn1c(COc2ccccc2F)nnc1SCC(=O)N[C@H]1CCCc2ccccc21. The van der Waals surface area contributed by atoms with E-state index in [1.807, 2.05) is 12.1 Å². The highest BCUT2D eigenvalue weighted by molar-refractivity contribution is 7.99. The lowest BCUT2D eigenvalue weighted by Gasteiger charge is -2.26. The summed E-state index contributed by atoms with van der Waals surface area (Å²) in [6, 6.07) is 14.3. The third-order valence-corrected chi connectivity index (χ3v) is 5.91. The van der Waals surface area contributed by atoms with Crippen LogP contribution >= 0.6 is 11.8 Å². The lowest BCUT2D eigenvalue weighted by Crippen LogP contribution is -2.32. The molecule has 4 rings (SSSR count). The number of amides is 1. The summed E-state index contributed by atoms with van der Waals surface area (Å²) in [5, 5.41) is 11.5. The van der Waals surface area contributed by atoms with E-state index in [1.165, 1.54) is 39.7 Å². The number of carbonyl (C=O) groups excluding carboxylic acids is 1. The van der Waals surface area contributed by atoms with Gasteiger partial charge in [-0.15, -0.1) is 10.2 Å². The van der Waals surface area contributed by atoms with Crippen molar-refractivity contribution >= 4 is 17.7 Å². The van der Waals surface area contributed by atoms with E-state index in [1.54, 1.807) is 12.1 Å². The van der Waals surface area contributed by atoms with Gasteiger partial charge in [0.1, 0.15) is 6.61 Å². The number of nitrogen functional groups attached to an aromatic ring is 1. The quantitative estimate of drug-likeness (QED) is 0.445. The highest BCUT2D eigenvalue weighted by Gasteiger charge is 2.22. The van der Waals surface area contributed by atoms with Crippen LogP contribution in [0.5, 0.6) is 5.75 Å². The fraction of sp³-hybridized carbons (Fsp3) is 0.286. The van der Waals surface area contributed by atoms with Crippen LogP contribution in [0.2, 0.25) is 0 Å². The van der Waals surface area contributed by atoms with Crippen LogP contribution in [-0.4, -0.2) is 26.5 Å². The Hall–Kier alpha value is -3.07. The highest BCUT2D eigenvalue weighted by Crippen LogP contribution is 2.29. The fourth-order valence-electron chi connectivity index (χ4n) is 3.48. The molecule has 0 fully saturated rings. The Morgan fingerprint density at radius 2 is 2.03 bits per heavy atom. The van der Waals surface area contributed by atoms with Crippen molar-refractivity contribution in [2.24, 2.45) is 0 Å². The number of nitrogens with two attached hydrogens (primary N) is 1. The van der Waals surface area contributed by atoms with E-state index in [9.17, 15) is 9.18 Å². The van der Waals surface area contributed by atoms with Crippen molar-refractivity contribution in [3.63, 3.8) is 0 Å². The van der Waals surface area contributed by atoms with E-state index < -0.39 is 5.82 Å². The van der Waals surface area contributed by atoms with Gasteiger partial charge >= 0.3 is 0 Å². The standard InChI is InChI=1S/C21H22FN5O2S/c22-16-9-3-4-11-18(16)29-12-19-25-26-21(27(19)23)30-13-20(28)24-17-10-5-7-14-6-1-2-8-15(14)17/h1-4,6,8-9,11,17H,5,7,10,12-13,23H2,(H,24,28)/t17-/m0/s1. The average molecular weight is 428 g/mol. The van der Waals surface area contributed by atoms with Gasteiger partial charge in [0, 0.05) is 0 Å². The van der Waals surface area contributed by atoms with Gasteiger partial charge in [-0.25, -0.2) is 9.07 Å². The van der Waals surface area contributed by atoms with Crippen LogP contribution in [-0.2, 0) is 17.8 Å². The number of ether oxygens (including phenoxy) is 1. The minimum atomic E-state index is -0.462. The third-order valence-electron chi connectivity index (χ3n) is 4.97. The molecule has 1 aliphatic rings. The molecule has 0 unspecified atom stereocenters. The Labute approximate surface area is 177 Å². The molecule has 0 aliphatic heterocycles. The van der Waals surface area contributed by atoms with Crippen molar-refractivity contribution in [1.29, 1.82) is 0 Å². The largest absolute Gasteiger partial charge is 0.482 e. The van der Waals surface area contributed by atoms with E-state index in [0.29, 0.717) is 11.0 Å². The highest BCUT2D eigenvalue weighted by atomic mass is 32.2. The van der Waals surface area contributed by atoms with Crippen LogP contribution in [0.4, 0.5) is 4.39 Å². The van der Waals surface area contributed by atoms with Gasteiger partial charge in [0.25, 0.3) is 0 Å². The molecule has 1 amide bonds. The Morgan fingerprint density at radius 1 is 1.23 bits per heavy atom. The van der Waals surface area contributed by atoms with E-state index in [4.69, 9.17) is 10.6 Å². The Balaban J connectivity index is 1.31. The van der Waals surface area contributed by atoms with Crippen LogP contribution in [0.25, 0.3) is 0 Å². The second-order valence-corrected chi connectivity index (χ2v) is 7.93. The van der Waals surface area contributed by atoms with Crippen LogP contribution in [0.3, 0.4) is 0 Å². The number of nitrogens with one attached hydrogen (secondary N) is 1. The minimum absolute atomic E-state index is 0.0310. The lowest BCUT2D eigenvalue weighted by molar-refractivity contribution is -0.119. The maximum atomic E-state index is 13.6. The first kappa shape index (κ1) is 20.2. The normalized spacial score (nSPS) is 15.4. The monoisotopic (exact) mass is 427 g/mol. The van der Waals surface area contributed by atoms with Crippen molar-refractivity contribution in [3.05, 3.63) is 71.3 Å². The third kappa shape index (κ3) is 4.56. The van der Waals surface area contributed by atoms with Crippen LogP contribution < -0.4 is 15.9 Å². The number of benzene rings is 2. The smallest absolute Gasteiger partial charge is 0.230 e. The molecule has 30 heavy (non-hydrogen) atoms. The number of aromatic nitrogens is 3. The Kier molecular flexibility index (Phi) is 6.18. The van der Waals surface area contributed by atoms with Crippen molar-refractivity contribution in [1.82, 2.24) is 20.2 Å². The van der Waals surface area contributed by atoms with Gasteiger partial charge < -0.3 is 15.9 Å². The molecule has 156 valence electrons. The van der Waals surface area contributed by atoms with Crippen molar-refractivity contribution in [2.45, 2.75) is 37.1 Å². The zero-order valence-electron chi connectivity index (χ0n) is 16.3. The average Bonchev–Trinajstić information content (AvgIpc) is 3.11. The van der Waals surface area contributed by atoms with Gasteiger partial charge in [-0.2, -0.15) is 0 Å². The molecule has 3 N–H and O–H groups in total. The summed E-state index contributed by atoms with van der Waals surface area (Å²) in [6.45, 7) is -0.0317. The molecule has 1 heterocycles. The van der Waals surface area contributed by atoms with Crippen LogP contribution in [0, 0.1) is 5.82 Å². The van der Waals surface area contributed by atoms with Gasteiger partial charge in [-0.05, 0) is 42.5 Å². The first-order chi connectivity index (χ1) is 14.6. The number of fused-ring (bicyclic) bond motifs is 1. The molecule has 2 aromatic carbocycles. The fourth-order valence-corrected chi connectivity index (χ4v) is 4.16. The second kappa shape index (κ2) is 9.17. The van der Waals surface area contributed by atoms with Gasteiger partial charge in [0.05, 0.1) is 11.8 Å². The predicted molar refractivity (Wildman–Crippen MR) is 112 cm³/mol. The molecule has 7 nitrogen and oxygen atoms in total. The molecule has 0 saturated heterocycles. The number of carbonyl (C=O) groups is 1. The number of para-hydroxylation sites is 1. The summed E-state index contributed by atoms with van der Waals surface area (Å²) in [6.07, 6.45) is 3.03. The summed E-state index contributed by atoms with van der Waals surface area (Å²) in [4.78, 5) is 12.5. The summed E-state index contributed by atoms with van der Waals surface area (Å²) in [7, 11) is 0. The van der Waals surface area contributed by atoms with Crippen LogP contribution in [0.15, 0.2) is 53.7 Å². The molecule has 0 bridgehead atoms. The zero-order valence-corrected chi connectivity index (χ0v) is 17.1. The van der Waals surface area contributed by atoms with Gasteiger partial charge in [0.2, 0.25) is 11.1 Å². The van der Waals surface area contributed by atoms with E-state index in [-0.39, 0.29) is 30.1 Å². The molecule has 1 aliphatic carbocycles. The second-order valence-electron chi connectivity index (χ2n) is 6.99. The summed E-state index contributed by atoms with van der Waals surface area (Å²) < 4.78 is 20.3. The summed E-state index contributed by atoms with van der Waals surface area (Å²) >= 11 is 1.19. The molecule has 1 aromatic heterocycles. The maximum absolute atomic E-state index is 13.6. The van der Waals surface area contributed by atoms with Crippen molar-refractivity contribution in [3.8, 4) is 5.75 Å². The topological polar surface area (TPSA) is 95.1 Å². The lowest BCUT2D eigenvalue weighted by atomic mass is 9.88. The van der Waals surface area contributed by atoms with Crippen molar-refractivity contribution < 1.29 is 13.9 Å². The first-order valence-electron chi connectivity index (χ1n) is 9.68. The van der Waals surface area contributed by atoms with E-state index in [0.717, 1.165) is 19.3 Å². The molecule has 3 aromatic rings. The first-order valence-corrected chi connectivity index (χ1v) is 10.7. The van der Waals surface area contributed by atoms with Crippen molar-refractivity contribution in [2.75, 3.05) is 11.6 Å². The molecule has 1 atom stereocenters. The van der Waals surface area contributed by atoms with Crippen LogP contribution in [0.1, 0.15) is 35.8 Å². The van der Waals surface area contributed by atoms with E-state index in [2.05, 4.69) is 27.6 Å². The number of hydrogen-bond acceptors (Lipinski definition) is 6. The number of nitrogens with zero attached hydrogens (tertiary/aromatic N) is 3. The number of thioether (sulfide) groups is 1. The van der Waals surface area contributed by atoms with Gasteiger partial charge in [-0.3, -0.25) is 4.79 Å². The Bertz CT molecular complexity index is 1040. The number of rotatable bonds is 7. The molecule has 9 heteroatoms. The molecular weight excluding hydrogens is 405 g/mol. The maximum Gasteiger partial charge on any atom is 0.230 e. The number of aryl methyl sites for hydroxylation is 1. The Morgan fingerprint density at radius 3 is 2.90 bits per heavy atom. The predicted octanol–water partition coefficient (Wildman–Crippen LogP) is 3.00.